The number of hydrogen-bond acceptors (Lipinski definition) is 4. The van der Waals surface area contributed by atoms with Crippen LogP contribution in [-0.2, 0) is 9.53 Å². The third-order valence-corrected chi connectivity index (χ3v) is 5.17. The summed E-state index contributed by atoms with van der Waals surface area (Å²) in [4.78, 5) is 17.3. The van der Waals surface area contributed by atoms with Crippen LogP contribution in [0.2, 0.25) is 0 Å². The zero-order valence-electron chi connectivity index (χ0n) is 12.9. The van der Waals surface area contributed by atoms with Gasteiger partial charge in [0.15, 0.2) is 0 Å². The van der Waals surface area contributed by atoms with Gasteiger partial charge >= 0.3 is 0 Å². The van der Waals surface area contributed by atoms with E-state index in [4.69, 9.17) is 10.5 Å². The van der Waals surface area contributed by atoms with Crippen molar-refractivity contribution < 1.29 is 9.53 Å². The number of rotatable bonds is 4. The molecule has 2 fully saturated rings. The number of carbonyl (C=O) groups excluding carboxylic acids is 1. The fourth-order valence-electron chi connectivity index (χ4n) is 3.43. The maximum absolute atomic E-state index is 12.9. The quantitative estimate of drug-likeness (QED) is 0.824. The summed E-state index contributed by atoms with van der Waals surface area (Å²) in [7, 11) is 1.96. The number of nitrogens with zero attached hydrogens (tertiary/aromatic N) is 2. The molecule has 0 saturated carbocycles. The number of carbonyl (C=O) groups is 1. The monoisotopic (exact) mass is 283 g/mol. The second kappa shape index (κ2) is 6.87. The molecule has 2 N–H and O–H groups in total. The first-order valence-electron chi connectivity index (χ1n) is 7.90. The summed E-state index contributed by atoms with van der Waals surface area (Å²) in [6.45, 7) is 7.24. The van der Waals surface area contributed by atoms with Gasteiger partial charge < -0.3 is 20.3 Å². The zero-order chi connectivity index (χ0) is 14.6. The van der Waals surface area contributed by atoms with Gasteiger partial charge in [0.1, 0.15) is 0 Å². The third-order valence-electron chi connectivity index (χ3n) is 5.17. The van der Waals surface area contributed by atoms with E-state index in [1.807, 2.05) is 11.9 Å². The number of hydrogen-bond donors (Lipinski definition) is 1. The summed E-state index contributed by atoms with van der Waals surface area (Å²) in [6, 6.07) is 0.372. The molecule has 5 nitrogen and oxygen atoms in total. The summed E-state index contributed by atoms with van der Waals surface area (Å²) >= 11 is 0. The van der Waals surface area contributed by atoms with Crippen molar-refractivity contribution in [3.8, 4) is 0 Å². The van der Waals surface area contributed by atoms with Gasteiger partial charge in [-0.05, 0) is 32.2 Å². The molecule has 0 bridgehead atoms. The van der Waals surface area contributed by atoms with Crippen molar-refractivity contribution in [2.45, 2.75) is 38.6 Å². The molecule has 2 rings (SSSR count). The summed E-state index contributed by atoms with van der Waals surface area (Å²) in [5, 5.41) is 0. The first-order valence-corrected chi connectivity index (χ1v) is 7.90. The number of piperidine rings is 1. The Bertz CT molecular complexity index is 321. The molecule has 0 radical (unpaired) electrons. The molecule has 2 saturated heterocycles. The molecule has 2 aliphatic rings. The van der Waals surface area contributed by atoms with Gasteiger partial charge in [0.2, 0.25) is 5.91 Å². The van der Waals surface area contributed by atoms with E-state index in [-0.39, 0.29) is 11.3 Å². The van der Waals surface area contributed by atoms with Gasteiger partial charge in [0.05, 0.1) is 5.41 Å². The maximum atomic E-state index is 12.9. The van der Waals surface area contributed by atoms with Gasteiger partial charge in [-0.3, -0.25) is 4.79 Å². The van der Waals surface area contributed by atoms with Crippen LogP contribution in [0, 0.1) is 5.41 Å². The maximum Gasteiger partial charge on any atom is 0.230 e. The molecule has 0 aromatic heterocycles. The highest BCUT2D eigenvalue weighted by atomic mass is 16.5. The van der Waals surface area contributed by atoms with Gasteiger partial charge in [-0.2, -0.15) is 0 Å². The molecular weight excluding hydrogens is 254 g/mol. The second-order valence-corrected chi connectivity index (χ2v) is 6.18. The molecule has 2 aliphatic heterocycles. The lowest BCUT2D eigenvalue weighted by molar-refractivity contribution is -0.148. The standard InChI is InChI=1S/C15H29N3O2/c1-3-18-8-4-13(5-9-18)17(2)14(19)15(12-16)6-10-20-11-7-15/h13H,3-12,16H2,1-2H3. The summed E-state index contributed by atoms with van der Waals surface area (Å²) in [6.07, 6.45) is 3.68. The number of ether oxygens (including phenoxy) is 1. The molecule has 0 unspecified atom stereocenters. The van der Waals surface area contributed by atoms with Crippen molar-refractivity contribution in [2.24, 2.45) is 11.1 Å². The highest BCUT2D eigenvalue weighted by Gasteiger charge is 2.42. The molecule has 2 heterocycles. The molecule has 0 aromatic carbocycles. The van der Waals surface area contributed by atoms with E-state index in [9.17, 15) is 4.79 Å². The molecule has 1 amide bonds. The molecular formula is C15H29N3O2. The normalized spacial score (nSPS) is 24.6. The summed E-state index contributed by atoms with van der Waals surface area (Å²) in [5.41, 5.74) is 5.56. The Kier molecular flexibility index (Phi) is 5.41. The fourth-order valence-corrected chi connectivity index (χ4v) is 3.43. The first-order chi connectivity index (χ1) is 9.63. The van der Waals surface area contributed by atoms with Crippen molar-refractivity contribution >= 4 is 5.91 Å². The lowest BCUT2D eigenvalue weighted by Gasteiger charge is -2.42. The van der Waals surface area contributed by atoms with Crippen LogP contribution in [-0.4, -0.2) is 68.2 Å². The highest BCUT2D eigenvalue weighted by Crippen LogP contribution is 2.32. The van der Waals surface area contributed by atoms with Crippen LogP contribution in [0.4, 0.5) is 0 Å². The minimum atomic E-state index is -0.380. The number of amides is 1. The van der Waals surface area contributed by atoms with Crippen molar-refractivity contribution in [3.63, 3.8) is 0 Å². The summed E-state index contributed by atoms with van der Waals surface area (Å²) in [5.74, 6) is 0.234. The fraction of sp³-hybridized carbons (Fsp3) is 0.933. The molecule has 0 aromatic rings. The molecule has 0 atom stereocenters. The van der Waals surface area contributed by atoms with Crippen LogP contribution in [0.1, 0.15) is 32.6 Å². The smallest absolute Gasteiger partial charge is 0.230 e. The Morgan fingerprint density at radius 2 is 1.95 bits per heavy atom. The van der Waals surface area contributed by atoms with Gasteiger partial charge in [0.25, 0.3) is 0 Å². The summed E-state index contributed by atoms with van der Waals surface area (Å²) < 4.78 is 5.40. The average molecular weight is 283 g/mol. The minimum absolute atomic E-state index is 0.234. The Labute approximate surface area is 122 Å². The van der Waals surface area contributed by atoms with Crippen molar-refractivity contribution in [3.05, 3.63) is 0 Å². The van der Waals surface area contributed by atoms with E-state index in [0.717, 1.165) is 45.3 Å². The Balaban J connectivity index is 1.97. The Morgan fingerprint density at radius 3 is 2.45 bits per heavy atom. The lowest BCUT2D eigenvalue weighted by Crippen LogP contribution is -2.54. The minimum Gasteiger partial charge on any atom is -0.381 e. The van der Waals surface area contributed by atoms with Crippen LogP contribution in [0.3, 0.4) is 0 Å². The largest absolute Gasteiger partial charge is 0.381 e. The van der Waals surface area contributed by atoms with Crippen molar-refractivity contribution in [2.75, 3.05) is 46.4 Å². The number of nitrogens with two attached hydrogens (primary N) is 1. The Hall–Kier alpha value is -0.650. The SMILES string of the molecule is CCN1CCC(N(C)C(=O)C2(CN)CCOCC2)CC1. The molecule has 116 valence electrons. The topological polar surface area (TPSA) is 58.8 Å². The van der Waals surface area contributed by atoms with Gasteiger partial charge in [-0.15, -0.1) is 0 Å². The molecule has 5 heteroatoms. The third kappa shape index (κ3) is 3.15. The van der Waals surface area contributed by atoms with E-state index >= 15 is 0 Å². The van der Waals surface area contributed by atoms with Crippen LogP contribution >= 0.6 is 0 Å². The van der Waals surface area contributed by atoms with E-state index < -0.39 is 0 Å². The second-order valence-electron chi connectivity index (χ2n) is 6.18. The lowest BCUT2D eigenvalue weighted by atomic mass is 9.78. The predicted octanol–water partition coefficient (Wildman–Crippen LogP) is 0.685. The van der Waals surface area contributed by atoms with E-state index in [1.165, 1.54) is 0 Å². The van der Waals surface area contributed by atoms with E-state index in [0.29, 0.717) is 25.8 Å². The van der Waals surface area contributed by atoms with Crippen molar-refractivity contribution in [1.82, 2.24) is 9.80 Å². The van der Waals surface area contributed by atoms with Gasteiger partial charge in [-0.25, -0.2) is 0 Å². The van der Waals surface area contributed by atoms with Crippen molar-refractivity contribution in [1.29, 1.82) is 0 Å². The highest BCUT2D eigenvalue weighted by molar-refractivity contribution is 5.83. The van der Waals surface area contributed by atoms with Crippen LogP contribution < -0.4 is 5.73 Å². The zero-order valence-corrected chi connectivity index (χ0v) is 12.9. The van der Waals surface area contributed by atoms with E-state index in [2.05, 4.69) is 11.8 Å². The molecule has 0 spiro atoms. The van der Waals surface area contributed by atoms with Gasteiger partial charge in [-0.1, -0.05) is 6.92 Å². The first kappa shape index (κ1) is 15.7. The van der Waals surface area contributed by atoms with Crippen LogP contribution in [0.15, 0.2) is 0 Å². The Morgan fingerprint density at radius 1 is 1.35 bits per heavy atom. The average Bonchev–Trinajstić information content (AvgIpc) is 2.54. The molecule has 20 heavy (non-hydrogen) atoms. The van der Waals surface area contributed by atoms with E-state index in [1.54, 1.807) is 0 Å². The van der Waals surface area contributed by atoms with Crippen LogP contribution in [0.5, 0.6) is 0 Å². The number of likely N-dealkylation sites (tertiary alicyclic amines) is 1. The van der Waals surface area contributed by atoms with Crippen LogP contribution in [0.25, 0.3) is 0 Å². The predicted molar refractivity (Wildman–Crippen MR) is 79.4 cm³/mol. The van der Waals surface area contributed by atoms with Gasteiger partial charge in [0, 0.05) is 45.9 Å². The molecule has 0 aliphatic carbocycles.